The van der Waals surface area contributed by atoms with E-state index >= 15 is 0 Å². The molecular weight excluding hydrogens is 374 g/mol. The van der Waals surface area contributed by atoms with Crippen LogP contribution in [0, 0.1) is 6.92 Å². The fourth-order valence-corrected chi connectivity index (χ4v) is 3.81. The number of ether oxygens (including phenoxy) is 1. The number of thiazole rings is 1. The zero-order valence-electron chi connectivity index (χ0n) is 15.8. The monoisotopic (exact) mass is 397 g/mol. The minimum Gasteiger partial charge on any atom is -0.487 e. The van der Waals surface area contributed by atoms with Crippen molar-refractivity contribution in [2.24, 2.45) is 0 Å². The first kappa shape index (κ1) is 18.6. The Hall–Kier alpha value is -2.71. The summed E-state index contributed by atoms with van der Waals surface area (Å²) in [5.74, 6) is 0.753. The summed E-state index contributed by atoms with van der Waals surface area (Å²) in [7, 11) is 0. The van der Waals surface area contributed by atoms with Crippen molar-refractivity contribution < 1.29 is 9.53 Å². The van der Waals surface area contributed by atoms with Crippen LogP contribution in [-0.4, -0.2) is 57.1 Å². The van der Waals surface area contributed by atoms with E-state index in [9.17, 15) is 4.79 Å². The number of carbonyl (C=O) groups is 1. The average Bonchev–Trinajstić information content (AvgIpc) is 3.36. The minimum atomic E-state index is -0.0358. The Morgan fingerprint density at radius 1 is 1.21 bits per heavy atom. The van der Waals surface area contributed by atoms with Crippen LogP contribution in [-0.2, 0) is 13.2 Å². The molecule has 1 amide bonds. The summed E-state index contributed by atoms with van der Waals surface area (Å²) >= 11 is 1.68. The number of para-hydroxylation sites is 1. The van der Waals surface area contributed by atoms with Crippen LogP contribution in [0.3, 0.4) is 0 Å². The van der Waals surface area contributed by atoms with Gasteiger partial charge < -0.3 is 9.64 Å². The standard InChI is InChI=1S/C20H23N5O2S/c1-15-21-17(14-28-15)12-24-7-9-25(10-8-24)20(26)19-11-16(22-23-19)13-27-18-5-3-2-4-6-18/h2-6,11,14H,7-10,12-13H2,1H3,(H,22,23). The molecule has 1 fully saturated rings. The Balaban J connectivity index is 1.27. The highest BCUT2D eigenvalue weighted by Gasteiger charge is 2.24. The molecule has 0 saturated carbocycles. The van der Waals surface area contributed by atoms with Gasteiger partial charge in [-0.25, -0.2) is 4.98 Å². The second kappa shape index (κ2) is 8.53. The molecule has 1 N–H and O–H groups in total. The largest absolute Gasteiger partial charge is 0.487 e. The van der Waals surface area contributed by atoms with E-state index in [0.717, 1.165) is 41.8 Å². The Morgan fingerprint density at radius 3 is 2.71 bits per heavy atom. The van der Waals surface area contributed by atoms with Gasteiger partial charge in [0, 0.05) is 38.1 Å². The third-order valence-corrected chi connectivity index (χ3v) is 5.52. The molecule has 7 nitrogen and oxygen atoms in total. The van der Waals surface area contributed by atoms with Crippen LogP contribution in [0.25, 0.3) is 0 Å². The summed E-state index contributed by atoms with van der Waals surface area (Å²) in [6.45, 7) is 6.30. The van der Waals surface area contributed by atoms with Crippen molar-refractivity contribution in [2.75, 3.05) is 26.2 Å². The maximum Gasteiger partial charge on any atom is 0.274 e. The highest BCUT2D eigenvalue weighted by Crippen LogP contribution is 2.15. The summed E-state index contributed by atoms with van der Waals surface area (Å²) in [4.78, 5) is 21.4. The molecule has 1 aliphatic rings. The number of nitrogens with zero attached hydrogens (tertiary/aromatic N) is 4. The van der Waals surface area contributed by atoms with Gasteiger partial charge in [-0.2, -0.15) is 5.10 Å². The van der Waals surface area contributed by atoms with E-state index in [1.54, 1.807) is 17.4 Å². The molecule has 0 spiro atoms. The number of hydrogen-bond acceptors (Lipinski definition) is 6. The lowest BCUT2D eigenvalue weighted by Crippen LogP contribution is -2.48. The van der Waals surface area contributed by atoms with Crippen LogP contribution >= 0.6 is 11.3 Å². The molecule has 1 saturated heterocycles. The summed E-state index contributed by atoms with van der Waals surface area (Å²) in [5, 5.41) is 10.3. The Bertz CT molecular complexity index is 916. The second-order valence-corrected chi connectivity index (χ2v) is 7.87. The van der Waals surface area contributed by atoms with E-state index in [2.05, 4.69) is 25.5 Å². The SMILES string of the molecule is Cc1nc(CN2CCN(C(=O)c3cc(COc4ccccc4)[nH]n3)CC2)cs1. The number of aromatic nitrogens is 3. The first-order valence-electron chi connectivity index (χ1n) is 9.32. The van der Waals surface area contributed by atoms with Crippen molar-refractivity contribution in [3.05, 3.63) is 63.9 Å². The molecule has 2 aromatic heterocycles. The van der Waals surface area contributed by atoms with Crippen LogP contribution < -0.4 is 4.74 Å². The highest BCUT2D eigenvalue weighted by atomic mass is 32.1. The minimum absolute atomic E-state index is 0.0358. The van der Waals surface area contributed by atoms with Crippen LogP contribution in [0.5, 0.6) is 5.75 Å². The molecule has 0 unspecified atom stereocenters. The maximum atomic E-state index is 12.7. The molecular formula is C20H23N5O2S. The number of rotatable bonds is 6. The van der Waals surface area contributed by atoms with Crippen LogP contribution in [0.4, 0.5) is 0 Å². The lowest BCUT2D eigenvalue weighted by atomic mass is 10.2. The number of amides is 1. The lowest BCUT2D eigenvalue weighted by Gasteiger charge is -2.34. The van der Waals surface area contributed by atoms with Gasteiger partial charge in [0.25, 0.3) is 5.91 Å². The molecule has 1 aliphatic heterocycles. The molecule has 4 rings (SSSR count). The third-order valence-electron chi connectivity index (χ3n) is 4.70. The van der Waals surface area contributed by atoms with Crippen LogP contribution in [0.15, 0.2) is 41.8 Å². The number of benzene rings is 1. The van der Waals surface area contributed by atoms with Crippen molar-refractivity contribution >= 4 is 17.2 Å². The average molecular weight is 398 g/mol. The van der Waals surface area contributed by atoms with Crippen LogP contribution in [0.1, 0.15) is 26.9 Å². The van der Waals surface area contributed by atoms with Crippen molar-refractivity contribution in [2.45, 2.75) is 20.1 Å². The van der Waals surface area contributed by atoms with Gasteiger partial charge in [0.1, 0.15) is 12.4 Å². The van der Waals surface area contributed by atoms with E-state index in [4.69, 9.17) is 4.74 Å². The zero-order valence-corrected chi connectivity index (χ0v) is 16.6. The number of hydrogen-bond donors (Lipinski definition) is 1. The molecule has 0 bridgehead atoms. The number of H-pyrrole nitrogens is 1. The third kappa shape index (κ3) is 4.58. The van der Waals surface area contributed by atoms with E-state index in [1.165, 1.54) is 0 Å². The Labute approximate surface area is 168 Å². The van der Waals surface area contributed by atoms with Crippen LogP contribution in [0.2, 0.25) is 0 Å². The summed E-state index contributed by atoms with van der Waals surface area (Å²) in [6, 6.07) is 11.4. The number of aryl methyl sites for hydroxylation is 1. The molecule has 3 aromatic rings. The van der Waals surface area contributed by atoms with Gasteiger partial charge >= 0.3 is 0 Å². The number of aromatic amines is 1. The van der Waals surface area contributed by atoms with Gasteiger partial charge in [-0.3, -0.25) is 14.8 Å². The van der Waals surface area contributed by atoms with Gasteiger partial charge in [-0.15, -0.1) is 11.3 Å². The quantitative estimate of drug-likeness (QED) is 0.692. The van der Waals surface area contributed by atoms with Gasteiger partial charge in [0.2, 0.25) is 0 Å². The maximum absolute atomic E-state index is 12.7. The highest BCUT2D eigenvalue weighted by molar-refractivity contribution is 7.09. The van der Waals surface area contributed by atoms with E-state index in [1.807, 2.05) is 42.2 Å². The van der Waals surface area contributed by atoms with E-state index < -0.39 is 0 Å². The predicted molar refractivity (Wildman–Crippen MR) is 107 cm³/mol. The fourth-order valence-electron chi connectivity index (χ4n) is 3.20. The van der Waals surface area contributed by atoms with E-state index in [-0.39, 0.29) is 5.91 Å². The van der Waals surface area contributed by atoms with Crippen molar-refractivity contribution in [1.29, 1.82) is 0 Å². The van der Waals surface area contributed by atoms with Gasteiger partial charge in [0.05, 0.1) is 16.4 Å². The van der Waals surface area contributed by atoms with Gasteiger partial charge in [0.15, 0.2) is 5.69 Å². The van der Waals surface area contributed by atoms with Gasteiger partial charge in [-0.1, -0.05) is 18.2 Å². The molecule has 1 aromatic carbocycles. The first-order chi connectivity index (χ1) is 13.7. The van der Waals surface area contributed by atoms with Crippen molar-refractivity contribution in [3.63, 3.8) is 0 Å². The molecule has 0 aliphatic carbocycles. The lowest BCUT2D eigenvalue weighted by molar-refractivity contribution is 0.0621. The predicted octanol–water partition coefficient (Wildman–Crippen LogP) is 2.71. The topological polar surface area (TPSA) is 74.3 Å². The number of piperazine rings is 1. The number of nitrogens with one attached hydrogen (secondary N) is 1. The normalized spacial score (nSPS) is 15.0. The molecule has 3 heterocycles. The summed E-state index contributed by atoms with van der Waals surface area (Å²) < 4.78 is 5.70. The molecule has 0 radical (unpaired) electrons. The Kier molecular flexibility index (Phi) is 5.68. The van der Waals surface area contributed by atoms with E-state index in [0.29, 0.717) is 25.4 Å². The second-order valence-electron chi connectivity index (χ2n) is 6.81. The molecule has 8 heteroatoms. The number of carbonyl (C=O) groups excluding carboxylic acids is 1. The summed E-state index contributed by atoms with van der Waals surface area (Å²) in [6.07, 6.45) is 0. The van der Waals surface area contributed by atoms with Gasteiger partial charge in [-0.05, 0) is 25.1 Å². The van der Waals surface area contributed by atoms with Crippen molar-refractivity contribution in [3.8, 4) is 5.75 Å². The first-order valence-corrected chi connectivity index (χ1v) is 10.2. The fraction of sp³-hybridized carbons (Fsp3) is 0.350. The molecule has 146 valence electrons. The zero-order chi connectivity index (χ0) is 19.3. The molecule has 0 atom stereocenters. The molecule has 28 heavy (non-hydrogen) atoms. The Morgan fingerprint density at radius 2 is 2.00 bits per heavy atom. The summed E-state index contributed by atoms with van der Waals surface area (Å²) in [5.41, 5.74) is 2.33. The van der Waals surface area contributed by atoms with Crippen molar-refractivity contribution in [1.82, 2.24) is 25.0 Å². The smallest absolute Gasteiger partial charge is 0.274 e.